The molecular weight excluding hydrogens is 744 g/mol. The molecule has 0 aromatic heterocycles. The molecule has 6 atom stereocenters. The van der Waals surface area contributed by atoms with Gasteiger partial charge in [0.25, 0.3) is 0 Å². The van der Waals surface area contributed by atoms with Crippen molar-refractivity contribution in [3.63, 3.8) is 0 Å². The van der Waals surface area contributed by atoms with Crippen LogP contribution in [0.15, 0.2) is 84.9 Å². The van der Waals surface area contributed by atoms with Crippen molar-refractivity contribution < 1.29 is 56.8 Å². The van der Waals surface area contributed by atoms with E-state index in [0.29, 0.717) is 51.8 Å². The molecule has 6 aliphatic heterocycles. The Morgan fingerprint density at radius 1 is 0.362 bits per heavy atom. The van der Waals surface area contributed by atoms with Crippen LogP contribution in [-0.4, -0.2) is 116 Å². The fourth-order valence-corrected chi connectivity index (χ4v) is 4.85. The van der Waals surface area contributed by atoms with Gasteiger partial charge in [0.2, 0.25) is 0 Å². The van der Waals surface area contributed by atoms with Crippen LogP contribution in [0.4, 0.5) is 0 Å². The molecule has 6 aliphatic rings. The van der Waals surface area contributed by atoms with Crippen LogP contribution < -0.4 is 28.4 Å². The Labute approximate surface area is 343 Å². The molecule has 0 saturated carbocycles. The van der Waals surface area contributed by atoms with Crippen LogP contribution in [0.1, 0.15) is 41.5 Å². The van der Waals surface area contributed by atoms with Gasteiger partial charge in [0.1, 0.15) is 111 Å². The van der Waals surface area contributed by atoms with Gasteiger partial charge >= 0.3 is 0 Å². The second-order valence-electron chi connectivity index (χ2n) is 13.2. The quantitative estimate of drug-likeness (QED) is 0.0905. The van der Waals surface area contributed by atoms with Crippen molar-refractivity contribution in [3.8, 4) is 34.5 Å². The van der Waals surface area contributed by atoms with Crippen molar-refractivity contribution in [3.05, 3.63) is 84.9 Å². The van der Waals surface area contributed by atoms with E-state index < -0.39 is 0 Å². The van der Waals surface area contributed by atoms with Crippen molar-refractivity contribution in [1.29, 1.82) is 0 Å². The number of epoxide rings is 6. The van der Waals surface area contributed by atoms with Gasteiger partial charge in [-0.1, -0.05) is 59.7 Å². The molecule has 6 fully saturated rings. The van der Waals surface area contributed by atoms with E-state index in [1.807, 2.05) is 120 Å². The van der Waals surface area contributed by atoms with E-state index in [2.05, 4.69) is 6.07 Å². The highest BCUT2D eigenvalue weighted by molar-refractivity contribution is 5.89. The summed E-state index contributed by atoms with van der Waals surface area (Å²) in [6, 6.07) is 27.4. The minimum absolute atomic E-state index is 0.270. The molecule has 4 aromatic carbocycles. The molecule has 58 heavy (non-hydrogen) atoms. The van der Waals surface area contributed by atoms with Crippen molar-refractivity contribution in [1.82, 2.24) is 0 Å². The third kappa shape index (κ3) is 17.7. The normalized spacial score (nSPS) is 22.9. The van der Waals surface area contributed by atoms with Crippen LogP contribution in [0.5, 0.6) is 34.5 Å². The van der Waals surface area contributed by atoms with E-state index in [4.69, 9.17) is 56.8 Å². The fraction of sp³-hybridized carbons (Fsp3) is 0.522. The van der Waals surface area contributed by atoms with Gasteiger partial charge in [-0.25, -0.2) is 0 Å². The SMILES string of the molecule is CC.CC.CC.c1cc(OCC2CO2)c2ccc(OCC3CO3)cc2c1.c1cc(OCC2CO2)cc(OCC2CO2)c1.c1cc(OCC2CO2)ccc1OCC1CO1. The average molecular weight is 807 g/mol. The summed E-state index contributed by atoms with van der Waals surface area (Å²) in [5.74, 6) is 5.12. The lowest BCUT2D eigenvalue weighted by atomic mass is 10.1. The molecule has 4 aromatic rings. The molecule has 0 radical (unpaired) electrons. The molecular formula is C46H62O12. The maximum absolute atomic E-state index is 5.81. The summed E-state index contributed by atoms with van der Waals surface area (Å²) in [6.45, 7) is 20.7. The van der Waals surface area contributed by atoms with Gasteiger partial charge in [0.05, 0.1) is 39.6 Å². The summed E-state index contributed by atoms with van der Waals surface area (Å²) >= 11 is 0. The lowest BCUT2D eigenvalue weighted by Gasteiger charge is -2.10. The van der Waals surface area contributed by atoms with Gasteiger partial charge in [0.15, 0.2) is 0 Å². The number of hydrogen-bond donors (Lipinski definition) is 0. The average Bonchev–Trinajstić information content (AvgIpc) is 4.07. The fourth-order valence-electron chi connectivity index (χ4n) is 4.85. The van der Waals surface area contributed by atoms with Crippen LogP contribution in [0.3, 0.4) is 0 Å². The van der Waals surface area contributed by atoms with Crippen molar-refractivity contribution in [2.45, 2.75) is 78.2 Å². The highest BCUT2D eigenvalue weighted by Gasteiger charge is 2.26. The summed E-state index contributed by atoms with van der Waals surface area (Å²) < 4.78 is 64.2. The predicted octanol–water partition coefficient (Wildman–Crippen LogP) is 7.96. The Bertz CT molecular complexity index is 1650. The predicted molar refractivity (Wildman–Crippen MR) is 222 cm³/mol. The Kier molecular flexibility index (Phi) is 19.0. The van der Waals surface area contributed by atoms with Crippen LogP contribution in [0, 0.1) is 0 Å². The van der Waals surface area contributed by atoms with Gasteiger partial charge < -0.3 is 56.8 Å². The second kappa shape index (κ2) is 24.6. The lowest BCUT2D eigenvalue weighted by molar-refractivity contribution is 0.252. The second-order valence-corrected chi connectivity index (χ2v) is 13.2. The number of ether oxygens (including phenoxy) is 12. The third-order valence-corrected chi connectivity index (χ3v) is 8.46. The molecule has 318 valence electrons. The summed E-state index contributed by atoms with van der Waals surface area (Å²) in [6.07, 6.45) is 1.70. The molecule has 6 unspecified atom stereocenters. The molecule has 12 nitrogen and oxygen atoms in total. The van der Waals surface area contributed by atoms with Crippen molar-refractivity contribution in [2.75, 3.05) is 79.3 Å². The van der Waals surface area contributed by atoms with E-state index >= 15 is 0 Å². The largest absolute Gasteiger partial charge is 0.491 e. The van der Waals surface area contributed by atoms with Gasteiger partial charge in [-0.3, -0.25) is 0 Å². The summed E-state index contributed by atoms with van der Waals surface area (Å²) in [7, 11) is 0. The molecule has 0 amide bonds. The Balaban J connectivity index is 0.000000157. The minimum Gasteiger partial charge on any atom is -0.491 e. The number of fused-ring (bicyclic) bond motifs is 1. The topological polar surface area (TPSA) is 131 Å². The van der Waals surface area contributed by atoms with Crippen molar-refractivity contribution >= 4 is 10.8 Å². The number of hydrogen-bond acceptors (Lipinski definition) is 12. The minimum atomic E-state index is 0.270. The van der Waals surface area contributed by atoms with Crippen LogP contribution in [-0.2, 0) is 28.4 Å². The Morgan fingerprint density at radius 3 is 1.05 bits per heavy atom. The molecule has 0 N–H and O–H groups in total. The molecule has 12 heteroatoms. The molecule has 0 bridgehead atoms. The van der Waals surface area contributed by atoms with Crippen LogP contribution in [0.2, 0.25) is 0 Å². The first-order valence-electron chi connectivity index (χ1n) is 20.9. The maximum atomic E-state index is 5.81. The Morgan fingerprint density at radius 2 is 0.672 bits per heavy atom. The molecule has 10 rings (SSSR count). The van der Waals surface area contributed by atoms with E-state index in [9.17, 15) is 0 Å². The lowest BCUT2D eigenvalue weighted by Crippen LogP contribution is -2.06. The first kappa shape index (κ1) is 44.8. The summed E-state index contributed by atoms with van der Waals surface area (Å²) in [5.41, 5.74) is 0. The molecule has 6 heterocycles. The number of rotatable bonds is 18. The standard InChI is InChI=1S/C16H16O4.2C12H14O4.3C2H6/c1-2-11-6-12(17-7-13-8-18-13)4-5-15(11)16(3-1)20-10-14-9-19-14;1-2-10(14-6-12-8-16-12)4-3-9(1)13-5-11-7-15-11;1-2-9(13-5-11-7-15-11)4-10(3-1)14-6-12-8-16-12;3*1-2/h1-6,13-14H,7-10H2;2*1-4,11-12H,5-8H2;3*1-2H3. The van der Waals surface area contributed by atoms with Gasteiger partial charge in [-0.05, 0) is 66.0 Å². The van der Waals surface area contributed by atoms with Crippen LogP contribution in [0.25, 0.3) is 10.8 Å². The number of benzene rings is 4. The van der Waals surface area contributed by atoms with Gasteiger partial charge in [-0.15, -0.1) is 0 Å². The molecule has 6 saturated heterocycles. The zero-order valence-electron chi connectivity index (χ0n) is 34.9. The first-order chi connectivity index (χ1) is 28.7. The van der Waals surface area contributed by atoms with E-state index in [1.165, 1.54) is 0 Å². The molecule has 0 aliphatic carbocycles. The highest BCUT2D eigenvalue weighted by atomic mass is 16.6. The van der Waals surface area contributed by atoms with Gasteiger partial charge in [0, 0.05) is 11.5 Å². The van der Waals surface area contributed by atoms with Crippen molar-refractivity contribution in [2.24, 2.45) is 0 Å². The van der Waals surface area contributed by atoms with Crippen LogP contribution >= 0.6 is 0 Å². The van der Waals surface area contributed by atoms with E-state index in [-0.39, 0.29) is 24.4 Å². The first-order valence-corrected chi connectivity index (χ1v) is 20.9. The third-order valence-electron chi connectivity index (χ3n) is 8.46. The molecule has 0 spiro atoms. The summed E-state index contributed by atoms with van der Waals surface area (Å²) in [4.78, 5) is 0. The zero-order chi connectivity index (χ0) is 41.0. The zero-order valence-corrected chi connectivity index (χ0v) is 34.9. The monoisotopic (exact) mass is 806 g/mol. The highest BCUT2D eigenvalue weighted by Crippen LogP contribution is 2.30. The van der Waals surface area contributed by atoms with E-state index in [1.54, 1.807) is 0 Å². The smallest absolute Gasteiger partial charge is 0.127 e. The van der Waals surface area contributed by atoms with E-state index in [0.717, 1.165) is 84.9 Å². The maximum Gasteiger partial charge on any atom is 0.127 e. The Hall–Kier alpha value is -4.30. The summed E-state index contributed by atoms with van der Waals surface area (Å²) in [5, 5.41) is 2.22. The van der Waals surface area contributed by atoms with Gasteiger partial charge in [-0.2, -0.15) is 0 Å².